The Morgan fingerprint density at radius 1 is 1.25 bits per heavy atom. The van der Waals surface area contributed by atoms with Gasteiger partial charge in [-0.1, -0.05) is 36.4 Å². The summed E-state index contributed by atoms with van der Waals surface area (Å²) in [5.41, 5.74) is 6.10. The average Bonchev–Trinajstić information content (AvgIpc) is 2.98. The molecule has 106 valence electrons. The third-order valence-corrected chi connectivity index (χ3v) is 4.37. The normalized spacial score (nSPS) is 13.8. The first-order valence-electron chi connectivity index (χ1n) is 6.64. The molecule has 4 heteroatoms. The van der Waals surface area contributed by atoms with Crippen LogP contribution in [0.2, 0.25) is 0 Å². The molecule has 2 aromatic rings. The van der Waals surface area contributed by atoms with Crippen LogP contribution in [0.25, 0.3) is 0 Å². The van der Waals surface area contributed by atoms with Gasteiger partial charge in [-0.05, 0) is 30.4 Å². The van der Waals surface area contributed by atoms with Crippen LogP contribution in [0.1, 0.15) is 17.4 Å². The molecule has 0 fully saturated rings. The van der Waals surface area contributed by atoms with Gasteiger partial charge in [-0.15, -0.1) is 11.3 Å². The maximum atomic E-state index is 12.5. The first-order valence-corrected chi connectivity index (χ1v) is 7.52. The number of thiophene rings is 1. The van der Waals surface area contributed by atoms with Crippen molar-refractivity contribution in [2.75, 3.05) is 13.6 Å². The van der Waals surface area contributed by atoms with Crippen molar-refractivity contribution in [2.45, 2.75) is 18.9 Å². The van der Waals surface area contributed by atoms with Gasteiger partial charge in [0, 0.05) is 18.5 Å². The molecule has 1 heterocycles. The number of carbonyl (C=O) groups is 1. The highest BCUT2D eigenvalue weighted by atomic mass is 32.1. The van der Waals surface area contributed by atoms with Crippen LogP contribution in [0.5, 0.6) is 0 Å². The Labute approximate surface area is 124 Å². The molecule has 3 nitrogen and oxygen atoms in total. The van der Waals surface area contributed by atoms with Crippen molar-refractivity contribution in [1.29, 1.82) is 0 Å². The van der Waals surface area contributed by atoms with Crippen molar-refractivity contribution in [2.24, 2.45) is 5.73 Å². The quantitative estimate of drug-likeness (QED) is 0.919. The van der Waals surface area contributed by atoms with E-state index in [1.807, 2.05) is 48.8 Å². The Morgan fingerprint density at radius 2 is 1.95 bits per heavy atom. The van der Waals surface area contributed by atoms with Crippen molar-refractivity contribution < 1.29 is 4.79 Å². The zero-order valence-electron chi connectivity index (χ0n) is 11.9. The van der Waals surface area contributed by atoms with Crippen LogP contribution < -0.4 is 5.73 Å². The van der Waals surface area contributed by atoms with Crippen LogP contribution in [0, 0.1) is 0 Å². The summed E-state index contributed by atoms with van der Waals surface area (Å²) in [6, 6.07) is 13.6. The molecule has 0 bridgehead atoms. The molecule has 2 N–H and O–H groups in total. The Morgan fingerprint density at radius 3 is 2.55 bits per heavy atom. The van der Waals surface area contributed by atoms with Crippen molar-refractivity contribution in [3.05, 3.63) is 58.3 Å². The van der Waals surface area contributed by atoms with E-state index in [0.717, 1.165) is 12.0 Å². The zero-order chi connectivity index (χ0) is 14.6. The summed E-state index contributed by atoms with van der Waals surface area (Å²) in [5, 5.41) is 2.05. The van der Waals surface area contributed by atoms with Gasteiger partial charge >= 0.3 is 0 Å². The number of likely N-dealkylation sites (N-methyl/N-ethyl adjacent to an activating group) is 1. The van der Waals surface area contributed by atoms with Crippen LogP contribution >= 0.6 is 11.3 Å². The summed E-state index contributed by atoms with van der Waals surface area (Å²) in [6.07, 6.45) is 0.866. The number of hydrogen-bond donors (Lipinski definition) is 1. The van der Waals surface area contributed by atoms with E-state index >= 15 is 0 Å². The minimum atomic E-state index is -0.981. The molecular formula is C16H20N2OS. The molecule has 1 aromatic carbocycles. The monoisotopic (exact) mass is 288 g/mol. The Bertz CT molecular complexity index is 549. The Hall–Kier alpha value is -1.65. The lowest BCUT2D eigenvalue weighted by Gasteiger charge is -2.29. The minimum absolute atomic E-state index is 0.0553. The lowest BCUT2D eigenvalue weighted by molar-refractivity contribution is -0.135. The highest BCUT2D eigenvalue weighted by Crippen LogP contribution is 2.20. The largest absolute Gasteiger partial charge is 0.344 e. The lowest BCUT2D eigenvalue weighted by Crippen LogP contribution is -2.50. The molecule has 1 aromatic heterocycles. The third-order valence-electron chi connectivity index (χ3n) is 3.44. The number of carbonyl (C=O) groups excluding carboxylic acids is 1. The standard InChI is InChI=1S/C16H20N2OS/c1-16(17,13-7-4-3-5-8-13)15(19)18(2)11-10-14-9-6-12-20-14/h3-9,12H,10-11,17H2,1-2H3. The smallest absolute Gasteiger partial charge is 0.246 e. The van der Waals surface area contributed by atoms with Crippen molar-refractivity contribution in [1.82, 2.24) is 4.90 Å². The summed E-state index contributed by atoms with van der Waals surface area (Å²) in [7, 11) is 1.81. The first-order chi connectivity index (χ1) is 9.51. The van der Waals surface area contributed by atoms with Gasteiger partial charge in [-0.2, -0.15) is 0 Å². The fourth-order valence-corrected chi connectivity index (χ4v) is 2.84. The van der Waals surface area contributed by atoms with Crippen LogP contribution in [-0.2, 0) is 16.8 Å². The van der Waals surface area contributed by atoms with E-state index in [-0.39, 0.29) is 5.91 Å². The van der Waals surface area contributed by atoms with Gasteiger partial charge in [0.1, 0.15) is 5.54 Å². The topological polar surface area (TPSA) is 46.3 Å². The van der Waals surface area contributed by atoms with Gasteiger partial charge in [-0.3, -0.25) is 4.79 Å². The minimum Gasteiger partial charge on any atom is -0.344 e. The number of nitrogens with two attached hydrogens (primary N) is 1. The van der Waals surface area contributed by atoms with E-state index in [1.54, 1.807) is 23.2 Å². The van der Waals surface area contributed by atoms with Crippen LogP contribution in [-0.4, -0.2) is 24.4 Å². The van der Waals surface area contributed by atoms with Crippen LogP contribution in [0.15, 0.2) is 47.8 Å². The molecule has 1 atom stereocenters. The predicted molar refractivity (Wildman–Crippen MR) is 83.6 cm³/mol. The second-order valence-electron chi connectivity index (χ2n) is 5.12. The molecule has 0 radical (unpaired) electrons. The van der Waals surface area contributed by atoms with Gasteiger partial charge in [0.2, 0.25) is 5.91 Å². The third kappa shape index (κ3) is 3.26. The molecule has 20 heavy (non-hydrogen) atoms. The van der Waals surface area contributed by atoms with Gasteiger partial charge in [-0.25, -0.2) is 0 Å². The van der Waals surface area contributed by atoms with Crippen LogP contribution in [0.3, 0.4) is 0 Å². The number of amides is 1. The maximum Gasteiger partial charge on any atom is 0.246 e. The highest BCUT2D eigenvalue weighted by molar-refractivity contribution is 7.09. The van der Waals surface area contributed by atoms with Crippen molar-refractivity contribution in [3.8, 4) is 0 Å². The van der Waals surface area contributed by atoms with Crippen LogP contribution in [0.4, 0.5) is 0 Å². The van der Waals surface area contributed by atoms with E-state index < -0.39 is 5.54 Å². The molecular weight excluding hydrogens is 268 g/mol. The number of rotatable bonds is 5. The highest BCUT2D eigenvalue weighted by Gasteiger charge is 2.32. The summed E-state index contributed by atoms with van der Waals surface area (Å²) in [6.45, 7) is 2.45. The Kier molecular flexibility index (Phi) is 4.57. The number of hydrogen-bond acceptors (Lipinski definition) is 3. The van der Waals surface area contributed by atoms with E-state index in [2.05, 4.69) is 6.07 Å². The SMILES string of the molecule is CN(CCc1cccs1)C(=O)C(C)(N)c1ccccc1. The fourth-order valence-electron chi connectivity index (χ4n) is 2.14. The second kappa shape index (κ2) is 6.20. The van der Waals surface area contributed by atoms with E-state index in [9.17, 15) is 4.79 Å². The maximum absolute atomic E-state index is 12.5. The van der Waals surface area contributed by atoms with Gasteiger partial charge in [0.05, 0.1) is 0 Å². The second-order valence-corrected chi connectivity index (χ2v) is 6.16. The average molecular weight is 288 g/mol. The molecule has 1 unspecified atom stereocenters. The molecule has 0 saturated carbocycles. The summed E-state index contributed by atoms with van der Waals surface area (Å²) in [5.74, 6) is -0.0553. The van der Waals surface area contributed by atoms with E-state index in [0.29, 0.717) is 6.54 Å². The number of nitrogens with zero attached hydrogens (tertiary/aromatic N) is 1. The van der Waals surface area contributed by atoms with Gasteiger partial charge < -0.3 is 10.6 Å². The molecule has 0 spiro atoms. The van der Waals surface area contributed by atoms with E-state index in [4.69, 9.17) is 5.73 Å². The molecule has 0 aliphatic rings. The van der Waals surface area contributed by atoms with E-state index in [1.165, 1.54) is 4.88 Å². The Balaban J connectivity index is 2.02. The molecule has 0 aliphatic heterocycles. The first kappa shape index (κ1) is 14.8. The number of benzene rings is 1. The van der Waals surface area contributed by atoms with Crippen molar-refractivity contribution >= 4 is 17.2 Å². The molecule has 1 amide bonds. The zero-order valence-corrected chi connectivity index (χ0v) is 12.7. The predicted octanol–water partition coefficient (Wildman–Crippen LogP) is 2.62. The fraction of sp³-hybridized carbons (Fsp3) is 0.312. The summed E-state index contributed by atoms with van der Waals surface area (Å²) < 4.78 is 0. The summed E-state index contributed by atoms with van der Waals surface area (Å²) >= 11 is 1.71. The van der Waals surface area contributed by atoms with Gasteiger partial charge in [0.25, 0.3) is 0 Å². The molecule has 0 aliphatic carbocycles. The van der Waals surface area contributed by atoms with Crippen molar-refractivity contribution in [3.63, 3.8) is 0 Å². The molecule has 0 saturated heterocycles. The summed E-state index contributed by atoms with van der Waals surface area (Å²) in [4.78, 5) is 15.5. The molecule has 2 rings (SSSR count). The lowest BCUT2D eigenvalue weighted by atomic mass is 9.92. The van der Waals surface area contributed by atoms with Gasteiger partial charge in [0.15, 0.2) is 0 Å².